The van der Waals surface area contributed by atoms with Gasteiger partial charge in [0, 0.05) is 5.56 Å². The van der Waals surface area contributed by atoms with Crippen molar-refractivity contribution < 1.29 is 18.8 Å². The summed E-state index contributed by atoms with van der Waals surface area (Å²) in [6.45, 7) is 1.76. The number of rotatable bonds is 3. The summed E-state index contributed by atoms with van der Waals surface area (Å²) in [4.78, 5) is 15.0. The van der Waals surface area contributed by atoms with Crippen LogP contribution < -0.4 is 0 Å². The van der Waals surface area contributed by atoms with Crippen molar-refractivity contribution >= 4 is 5.97 Å². The Kier molecular flexibility index (Phi) is 2.58. The van der Waals surface area contributed by atoms with Crippen LogP contribution in [-0.4, -0.2) is 21.2 Å². The third-order valence-corrected chi connectivity index (χ3v) is 3.30. The largest absolute Gasteiger partial charge is 0.481 e. The lowest BCUT2D eigenvalue weighted by Crippen LogP contribution is -1.99. The highest BCUT2D eigenvalue weighted by atomic mass is 19.1. The van der Waals surface area contributed by atoms with E-state index in [4.69, 9.17) is 9.63 Å². The second-order valence-electron chi connectivity index (χ2n) is 4.70. The highest BCUT2D eigenvalue weighted by molar-refractivity contribution is 5.74. The average molecular weight is 262 g/mol. The van der Waals surface area contributed by atoms with Crippen molar-refractivity contribution in [1.29, 1.82) is 0 Å². The summed E-state index contributed by atoms with van der Waals surface area (Å²) >= 11 is 0. The smallest absolute Gasteiger partial charge is 0.307 e. The summed E-state index contributed by atoms with van der Waals surface area (Å²) < 4.78 is 18.1. The molecule has 0 radical (unpaired) electrons. The average Bonchev–Trinajstić information content (AvgIpc) is 3.01. The van der Waals surface area contributed by atoms with Crippen molar-refractivity contribution in [3.05, 3.63) is 35.5 Å². The van der Waals surface area contributed by atoms with Gasteiger partial charge in [-0.25, -0.2) is 4.39 Å². The lowest BCUT2D eigenvalue weighted by Gasteiger charge is -1.99. The molecule has 98 valence electrons. The minimum Gasteiger partial charge on any atom is -0.481 e. The lowest BCUT2D eigenvalue weighted by molar-refractivity contribution is -0.138. The van der Waals surface area contributed by atoms with Crippen molar-refractivity contribution in [2.45, 2.75) is 19.3 Å². The number of aliphatic carboxylic acids is 1. The standard InChI is InChI=1S/C13H11FN2O3/c1-6-4-7(14)2-3-8(6)11-15-12(19-16-11)9-5-10(9)13(17)18/h2-4,9-10H,5H2,1H3,(H,17,18). The van der Waals surface area contributed by atoms with Gasteiger partial charge in [-0.3, -0.25) is 4.79 Å². The van der Waals surface area contributed by atoms with Gasteiger partial charge in [0.1, 0.15) is 5.82 Å². The Labute approximate surface area is 108 Å². The molecule has 0 aliphatic heterocycles. The zero-order valence-electron chi connectivity index (χ0n) is 10.1. The van der Waals surface area contributed by atoms with Gasteiger partial charge in [0.2, 0.25) is 11.7 Å². The summed E-state index contributed by atoms with van der Waals surface area (Å²) in [7, 11) is 0. The summed E-state index contributed by atoms with van der Waals surface area (Å²) in [5, 5.41) is 12.7. The molecular formula is C13H11FN2O3. The number of nitrogens with zero attached hydrogens (tertiary/aromatic N) is 2. The fourth-order valence-corrected chi connectivity index (χ4v) is 2.11. The Morgan fingerprint density at radius 3 is 2.95 bits per heavy atom. The van der Waals surface area contributed by atoms with E-state index < -0.39 is 11.9 Å². The van der Waals surface area contributed by atoms with Gasteiger partial charge in [-0.05, 0) is 37.1 Å². The molecule has 6 heteroatoms. The molecule has 1 saturated carbocycles. The summed E-state index contributed by atoms with van der Waals surface area (Å²) in [6.07, 6.45) is 0.527. The van der Waals surface area contributed by atoms with Crippen LogP contribution in [0.4, 0.5) is 4.39 Å². The SMILES string of the molecule is Cc1cc(F)ccc1-c1noc(C2CC2C(=O)O)n1. The number of aryl methyl sites for hydroxylation is 1. The Bertz CT molecular complexity index is 653. The molecule has 1 aliphatic carbocycles. The van der Waals surface area contributed by atoms with Gasteiger partial charge in [-0.15, -0.1) is 0 Å². The maximum absolute atomic E-state index is 13.0. The summed E-state index contributed by atoms with van der Waals surface area (Å²) in [6, 6.07) is 4.30. The molecule has 2 atom stereocenters. The predicted molar refractivity (Wildman–Crippen MR) is 62.9 cm³/mol. The molecule has 2 unspecified atom stereocenters. The van der Waals surface area contributed by atoms with Gasteiger partial charge in [0.05, 0.1) is 11.8 Å². The normalized spacial score (nSPS) is 21.4. The molecule has 19 heavy (non-hydrogen) atoms. The van der Waals surface area contributed by atoms with Crippen molar-refractivity contribution in [1.82, 2.24) is 10.1 Å². The molecule has 0 amide bonds. The molecular weight excluding hydrogens is 251 g/mol. The molecule has 1 N–H and O–H groups in total. The van der Waals surface area contributed by atoms with E-state index >= 15 is 0 Å². The highest BCUT2D eigenvalue weighted by Gasteiger charge is 2.48. The molecule has 1 aromatic heterocycles. The van der Waals surface area contributed by atoms with Crippen molar-refractivity contribution in [2.75, 3.05) is 0 Å². The minimum atomic E-state index is -0.845. The fourth-order valence-electron chi connectivity index (χ4n) is 2.11. The number of benzene rings is 1. The first-order chi connectivity index (χ1) is 9.06. The van der Waals surface area contributed by atoms with Gasteiger partial charge in [-0.1, -0.05) is 5.16 Å². The van der Waals surface area contributed by atoms with Crippen molar-refractivity contribution in [2.24, 2.45) is 5.92 Å². The minimum absolute atomic E-state index is 0.195. The fraction of sp³-hybridized carbons (Fsp3) is 0.308. The number of hydrogen-bond donors (Lipinski definition) is 1. The number of aromatic nitrogens is 2. The summed E-state index contributed by atoms with van der Waals surface area (Å²) in [5.74, 6) is -1.09. The molecule has 0 bridgehead atoms. The Balaban J connectivity index is 1.88. The molecule has 0 spiro atoms. The van der Waals surface area contributed by atoms with E-state index in [1.165, 1.54) is 12.1 Å². The van der Waals surface area contributed by atoms with E-state index in [0.717, 1.165) is 0 Å². The third-order valence-electron chi connectivity index (χ3n) is 3.30. The number of carbonyl (C=O) groups is 1. The van der Waals surface area contributed by atoms with E-state index in [1.807, 2.05) is 0 Å². The van der Waals surface area contributed by atoms with Crippen LogP contribution in [0.1, 0.15) is 23.8 Å². The Morgan fingerprint density at radius 2 is 2.32 bits per heavy atom. The van der Waals surface area contributed by atoms with Crippen LogP contribution in [0.3, 0.4) is 0 Å². The number of halogens is 1. The van der Waals surface area contributed by atoms with Crippen LogP contribution in [-0.2, 0) is 4.79 Å². The second-order valence-corrected chi connectivity index (χ2v) is 4.70. The van der Waals surface area contributed by atoms with Gasteiger partial charge in [0.15, 0.2) is 0 Å². The van der Waals surface area contributed by atoms with Crippen LogP contribution in [0.25, 0.3) is 11.4 Å². The van der Waals surface area contributed by atoms with Gasteiger partial charge in [-0.2, -0.15) is 4.98 Å². The first-order valence-corrected chi connectivity index (χ1v) is 5.89. The van der Waals surface area contributed by atoms with E-state index in [0.29, 0.717) is 29.3 Å². The van der Waals surface area contributed by atoms with E-state index in [1.54, 1.807) is 13.0 Å². The van der Waals surface area contributed by atoms with Crippen LogP contribution in [0, 0.1) is 18.7 Å². The van der Waals surface area contributed by atoms with Gasteiger partial charge >= 0.3 is 5.97 Å². The second kappa shape index (κ2) is 4.15. The summed E-state index contributed by atoms with van der Waals surface area (Å²) in [5.41, 5.74) is 1.39. The molecule has 5 nitrogen and oxygen atoms in total. The molecule has 1 fully saturated rings. The first-order valence-electron chi connectivity index (χ1n) is 5.89. The monoisotopic (exact) mass is 262 g/mol. The molecule has 1 aliphatic rings. The number of carboxylic acid groups (broad SMARTS) is 1. The zero-order valence-corrected chi connectivity index (χ0v) is 10.1. The van der Waals surface area contributed by atoms with Crippen molar-refractivity contribution in [3.8, 4) is 11.4 Å². The zero-order chi connectivity index (χ0) is 13.6. The van der Waals surface area contributed by atoms with E-state index in [-0.39, 0.29) is 11.7 Å². The maximum atomic E-state index is 13.0. The van der Waals surface area contributed by atoms with Crippen LogP contribution in [0.2, 0.25) is 0 Å². The number of hydrogen-bond acceptors (Lipinski definition) is 4. The Morgan fingerprint density at radius 1 is 1.53 bits per heavy atom. The van der Waals surface area contributed by atoms with Crippen molar-refractivity contribution in [3.63, 3.8) is 0 Å². The van der Waals surface area contributed by atoms with Gasteiger partial charge < -0.3 is 9.63 Å². The topological polar surface area (TPSA) is 76.2 Å². The van der Waals surface area contributed by atoms with Crippen LogP contribution in [0.15, 0.2) is 22.7 Å². The predicted octanol–water partition coefficient (Wildman–Crippen LogP) is 2.37. The van der Waals surface area contributed by atoms with Crippen LogP contribution >= 0.6 is 0 Å². The van der Waals surface area contributed by atoms with E-state index in [9.17, 15) is 9.18 Å². The lowest BCUT2D eigenvalue weighted by atomic mass is 10.1. The van der Waals surface area contributed by atoms with E-state index in [2.05, 4.69) is 10.1 Å². The number of carboxylic acids is 1. The molecule has 0 saturated heterocycles. The highest BCUT2D eigenvalue weighted by Crippen LogP contribution is 2.47. The van der Waals surface area contributed by atoms with Gasteiger partial charge in [0.25, 0.3) is 0 Å². The molecule has 3 rings (SSSR count). The maximum Gasteiger partial charge on any atom is 0.307 e. The Hall–Kier alpha value is -2.24. The quantitative estimate of drug-likeness (QED) is 0.918. The first kappa shape index (κ1) is 11.8. The molecule has 1 heterocycles. The third kappa shape index (κ3) is 2.09. The van der Waals surface area contributed by atoms with Crippen LogP contribution in [0.5, 0.6) is 0 Å². The molecule has 2 aromatic rings. The molecule has 1 aromatic carbocycles.